The molecule has 1 aromatic heterocycles. The number of rotatable bonds is 3. The molecule has 1 aliphatic rings. The van der Waals surface area contributed by atoms with E-state index in [1.807, 2.05) is 12.1 Å². The molecule has 1 saturated heterocycles. The van der Waals surface area contributed by atoms with Crippen molar-refractivity contribution in [1.82, 2.24) is 9.88 Å². The first kappa shape index (κ1) is 17.4. The van der Waals surface area contributed by atoms with Gasteiger partial charge >= 0.3 is 0 Å². The van der Waals surface area contributed by atoms with Crippen molar-refractivity contribution < 1.29 is 4.74 Å². The average molecular weight is 336 g/mol. The summed E-state index contributed by atoms with van der Waals surface area (Å²) in [4.78, 5) is 9.02. The van der Waals surface area contributed by atoms with Crippen molar-refractivity contribution in [2.24, 2.45) is 0 Å². The summed E-state index contributed by atoms with van der Waals surface area (Å²) in [5, 5.41) is 9.33. The molecular weight excluding hydrogens is 312 g/mol. The molecule has 0 atom stereocenters. The lowest BCUT2D eigenvalue weighted by atomic mass is 10.2. The lowest BCUT2D eigenvalue weighted by Crippen LogP contribution is -2.36. The fraction of sp³-hybridized carbons (Fsp3) is 0.400. The van der Waals surface area contributed by atoms with Gasteiger partial charge in [0.1, 0.15) is 11.9 Å². The van der Waals surface area contributed by atoms with E-state index in [2.05, 4.69) is 45.1 Å². The van der Waals surface area contributed by atoms with E-state index in [4.69, 9.17) is 4.74 Å². The van der Waals surface area contributed by atoms with Crippen LogP contribution in [0.25, 0.3) is 0 Å². The quantitative estimate of drug-likeness (QED) is 0.862. The molecule has 130 valence electrons. The number of anilines is 1. The van der Waals surface area contributed by atoms with Crippen molar-refractivity contribution in [2.45, 2.75) is 13.0 Å². The first-order valence-corrected chi connectivity index (χ1v) is 8.81. The van der Waals surface area contributed by atoms with Crippen LogP contribution in [-0.4, -0.2) is 49.3 Å². The molecule has 0 spiro atoms. The monoisotopic (exact) mass is 336 g/mol. The van der Waals surface area contributed by atoms with Gasteiger partial charge in [-0.05, 0) is 24.1 Å². The number of hydrogen-bond donors (Lipinski definition) is 0. The lowest BCUT2D eigenvalue weighted by molar-refractivity contribution is 0.100. The van der Waals surface area contributed by atoms with Gasteiger partial charge in [0.15, 0.2) is 0 Å². The minimum atomic E-state index is 0.626. The van der Waals surface area contributed by atoms with Gasteiger partial charge in [-0.3, -0.25) is 4.90 Å². The molecular formula is C20H24N4O. The maximum absolute atomic E-state index is 9.33. The molecule has 5 heteroatoms. The van der Waals surface area contributed by atoms with E-state index in [1.165, 1.54) is 5.56 Å². The number of pyridine rings is 1. The Morgan fingerprint density at radius 2 is 1.84 bits per heavy atom. The summed E-state index contributed by atoms with van der Waals surface area (Å²) >= 11 is 0. The van der Waals surface area contributed by atoms with Crippen molar-refractivity contribution in [2.75, 3.05) is 44.3 Å². The summed E-state index contributed by atoms with van der Waals surface area (Å²) in [5.41, 5.74) is 1.95. The number of ether oxygens (including phenoxy) is 1. The standard InChI is InChI=1S/C20H24N4O/c21-16-19-8-4-9-22-20(19)24-11-5-10-23(12-14-25-15-13-24)17-18-6-2-1-3-7-18/h1-4,6-9H,5,10-15,17H2. The Bertz CT molecular complexity index is 698. The Labute approximate surface area is 149 Å². The lowest BCUT2D eigenvalue weighted by Gasteiger charge is -2.29. The van der Waals surface area contributed by atoms with E-state index < -0.39 is 0 Å². The van der Waals surface area contributed by atoms with Crippen LogP contribution in [0.2, 0.25) is 0 Å². The van der Waals surface area contributed by atoms with Crippen molar-refractivity contribution in [3.63, 3.8) is 0 Å². The fourth-order valence-corrected chi connectivity index (χ4v) is 3.13. The Morgan fingerprint density at radius 1 is 1.00 bits per heavy atom. The predicted octanol–water partition coefficient (Wildman–Crippen LogP) is 2.68. The zero-order chi connectivity index (χ0) is 17.3. The summed E-state index contributed by atoms with van der Waals surface area (Å²) in [6.45, 7) is 5.92. The van der Waals surface area contributed by atoms with E-state index in [0.717, 1.165) is 51.6 Å². The van der Waals surface area contributed by atoms with Crippen LogP contribution in [0.3, 0.4) is 0 Å². The molecule has 0 radical (unpaired) electrons. The summed E-state index contributed by atoms with van der Waals surface area (Å²) < 4.78 is 5.81. The van der Waals surface area contributed by atoms with Crippen molar-refractivity contribution >= 4 is 5.82 Å². The molecule has 0 aliphatic carbocycles. The molecule has 5 nitrogen and oxygen atoms in total. The van der Waals surface area contributed by atoms with E-state index in [1.54, 1.807) is 12.3 Å². The van der Waals surface area contributed by atoms with Crippen LogP contribution in [0.15, 0.2) is 48.7 Å². The van der Waals surface area contributed by atoms with E-state index in [-0.39, 0.29) is 0 Å². The Morgan fingerprint density at radius 3 is 2.68 bits per heavy atom. The highest BCUT2D eigenvalue weighted by molar-refractivity contribution is 5.53. The van der Waals surface area contributed by atoms with E-state index in [0.29, 0.717) is 12.2 Å². The van der Waals surface area contributed by atoms with Crippen molar-refractivity contribution in [3.05, 3.63) is 59.8 Å². The SMILES string of the molecule is N#Cc1cccnc1N1CCCN(Cc2ccccc2)CCOCC1. The number of nitrogens with zero attached hydrogens (tertiary/aromatic N) is 4. The maximum atomic E-state index is 9.33. The third-order valence-electron chi connectivity index (χ3n) is 4.42. The summed E-state index contributed by atoms with van der Waals surface area (Å²) in [6, 6.07) is 16.4. The molecule has 1 fully saturated rings. The molecule has 3 rings (SSSR count). The summed E-state index contributed by atoms with van der Waals surface area (Å²) in [7, 11) is 0. The van der Waals surface area contributed by atoms with Crippen LogP contribution < -0.4 is 4.90 Å². The molecule has 1 aliphatic heterocycles. The van der Waals surface area contributed by atoms with Gasteiger partial charge in [0.25, 0.3) is 0 Å². The van der Waals surface area contributed by atoms with Gasteiger partial charge in [0.2, 0.25) is 0 Å². The van der Waals surface area contributed by atoms with Gasteiger partial charge < -0.3 is 9.64 Å². The summed E-state index contributed by atoms with van der Waals surface area (Å²) in [6.07, 6.45) is 2.78. The van der Waals surface area contributed by atoms with Crippen LogP contribution >= 0.6 is 0 Å². The number of aromatic nitrogens is 1. The summed E-state index contributed by atoms with van der Waals surface area (Å²) in [5.74, 6) is 0.767. The largest absolute Gasteiger partial charge is 0.378 e. The van der Waals surface area contributed by atoms with Crippen LogP contribution in [0, 0.1) is 11.3 Å². The van der Waals surface area contributed by atoms with Crippen molar-refractivity contribution in [1.29, 1.82) is 5.26 Å². The molecule has 0 amide bonds. The molecule has 0 unspecified atom stereocenters. The molecule has 1 aromatic carbocycles. The Balaban J connectivity index is 1.64. The highest BCUT2D eigenvalue weighted by atomic mass is 16.5. The minimum absolute atomic E-state index is 0.626. The maximum Gasteiger partial charge on any atom is 0.146 e. The van der Waals surface area contributed by atoms with Gasteiger partial charge in [-0.25, -0.2) is 4.98 Å². The van der Waals surface area contributed by atoms with E-state index in [9.17, 15) is 5.26 Å². The smallest absolute Gasteiger partial charge is 0.146 e. The third-order valence-corrected chi connectivity index (χ3v) is 4.42. The van der Waals surface area contributed by atoms with Crippen LogP contribution in [0.1, 0.15) is 17.5 Å². The van der Waals surface area contributed by atoms with Gasteiger partial charge in [-0.2, -0.15) is 5.26 Å². The highest BCUT2D eigenvalue weighted by Crippen LogP contribution is 2.17. The zero-order valence-electron chi connectivity index (χ0n) is 14.5. The van der Waals surface area contributed by atoms with Gasteiger partial charge in [-0.1, -0.05) is 30.3 Å². The molecule has 0 bridgehead atoms. The topological polar surface area (TPSA) is 52.4 Å². The second-order valence-corrected chi connectivity index (χ2v) is 6.20. The average Bonchev–Trinajstić information content (AvgIpc) is 2.67. The fourth-order valence-electron chi connectivity index (χ4n) is 3.13. The third kappa shape index (κ3) is 5.02. The van der Waals surface area contributed by atoms with Crippen LogP contribution in [0.4, 0.5) is 5.82 Å². The highest BCUT2D eigenvalue weighted by Gasteiger charge is 2.15. The van der Waals surface area contributed by atoms with E-state index >= 15 is 0 Å². The van der Waals surface area contributed by atoms with Gasteiger partial charge in [-0.15, -0.1) is 0 Å². The number of benzene rings is 1. The molecule has 0 N–H and O–H groups in total. The van der Waals surface area contributed by atoms with Crippen molar-refractivity contribution in [3.8, 4) is 6.07 Å². The minimum Gasteiger partial charge on any atom is -0.378 e. The molecule has 0 saturated carbocycles. The first-order valence-electron chi connectivity index (χ1n) is 8.81. The Kier molecular flexibility index (Phi) is 6.38. The molecule has 2 heterocycles. The number of nitriles is 1. The molecule has 25 heavy (non-hydrogen) atoms. The normalized spacial score (nSPS) is 17.0. The van der Waals surface area contributed by atoms with Crippen LogP contribution in [0.5, 0.6) is 0 Å². The predicted molar refractivity (Wildman–Crippen MR) is 98.3 cm³/mol. The van der Waals surface area contributed by atoms with Crippen LogP contribution in [-0.2, 0) is 11.3 Å². The second kappa shape index (κ2) is 9.16. The number of hydrogen-bond acceptors (Lipinski definition) is 5. The van der Waals surface area contributed by atoms with Gasteiger partial charge in [0.05, 0.1) is 18.8 Å². The zero-order valence-corrected chi connectivity index (χ0v) is 14.5. The van der Waals surface area contributed by atoms with Gasteiger partial charge in [0, 0.05) is 38.9 Å². The first-order chi connectivity index (χ1) is 12.4. The molecule has 2 aromatic rings. The second-order valence-electron chi connectivity index (χ2n) is 6.20. The Hall–Kier alpha value is -2.42.